The van der Waals surface area contributed by atoms with Crippen LogP contribution >= 0.6 is 15.9 Å². The molecule has 84 valence electrons. The van der Waals surface area contributed by atoms with Crippen molar-refractivity contribution in [3.8, 4) is 5.75 Å². The minimum absolute atomic E-state index is 0.322. The molecule has 0 saturated carbocycles. The Labute approximate surface area is 99.9 Å². The van der Waals surface area contributed by atoms with Crippen LogP contribution < -0.4 is 10.5 Å². The fourth-order valence-electron chi connectivity index (χ4n) is 1.55. The van der Waals surface area contributed by atoms with Gasteiger partial charge in [0.2, 0.25) is 0 Å². The van der Waals surface area contributed by atoms with Crippen LogP contribution in [0, 0.1) is 6.92 Å². The topological polar surface area (TPSA) is 35.2 Å². The molecule has 0 bridgehead atoms. The lowest BCUT2D eigenvalue weighted by atomic mass is 9.98. The van der Waals surface area contributed by atoms with E-state index in [1.165, 1.54) is 11.1 Å². The Morgan fingerprint density at radius 2 is 2.13 bits per heavy atom. The van der Waals surface area contributed by atoms with Gasteiger partial charge in [-0.05, 0) is 59.4 Å². The normalized spacial score (nSPS) is 12.6. The summed E-state index contributed by atoms with van der Waals surface area (Å²) in [5.41, 5.74) is 8.11. The van der Waals surface area contributed by atoms with Gasteiger partial charge in [0.05, 0.1) is 11.1 Å². The molecule has 0 aliphatic carbocycles. The zero-order chi connectivity index (χ0) is 11.4. The van der Waals surface area contributed by atoms with E-state index in [4.69, 9.17) is 10.5 Å². The maximum Gasteiger partial charge on any atom is 0.136 e. The summed E-state index contributed by atoms with van der Waals surface area (Å²) < 4.78 is 6.66. The Bertz CT molecular complexity index is 339. The number of benzene rings is 1. The van der Waals surface area contributed by atoms with Crippen molar-refractivity contribution in [2.75, 3.05) is 13.2 Å². The number of hydrogen-bond donors (Lipinski definition) is 1. The van der Waals surface area contributed by atoms with E-state index in [9.17, 15) is 0 Å². The Morgan fingerprint density at radius 1 is 1.47 bits per heavy atom. The second kappa shape index (κ2) is 5.52. The molecule has 0 saturated heterocycles. The molecule has 1 unspecified atom stereocenters. The molecule has 1 aromatic rings. The molecule has 0 aliphatic heterocycles. The molecular formula is C12H18BrNO. The summed E-state index contributed by atoms with van der Waals surface area (Å²) in [6, 6.07) is 4.21. The van der Waals surface area contributed by atoms with Crippen LogP contribution in [0.2, 0.25) is 0 Å². The molecule has 15 heavy (non-hydrogen) atoms. The lowest BCUT2D eigenvalue weighted by molar-refractivity contribution is 0.332. The summed E-state index contributed by atoms with van der Waals surface area (Å²) in [6.45, 7) is 7.49. The van der Waals surface area contributed by atoms with Crippen LogP contribution in [0.25, 0.3) is 0 Å². The summed E-state index contributed by atoms with van der Waals surface area (Å²) in [4.78, 5) is 0. The minimum Gasteiger partial charge on any atom is -0.492 e. The minimum atomic E-state index is 0.322. The molecule has 2 nitrogen and oxygen atoms in total. The first-order valence-corrected chi connectivity index (χ1v) is 6.02. The van der Waals surface area contributed by atoms with Crippen molar-refractivity contribution >= 4 is 15.9 Å². The zero-order valence-corrected chi connectivity index (χ0v) is 11.1. The predicted molar refractivity (Wildman–Crippen MR) is 67.5 cm³/mol. The molecule has 0 aromatic heterocycles. The van der Waals surface area contributed by atoms with Crippen LogP contribution in [0.5, 0.6) is 5.75 Å². The van der Waals surface area contributed by atoms with Gasteiger partial charge in [0.25, 0.3) is 0 Å². The number of ether oxygens (including phenoxy) is 1. The molecular weight excluding hydrogens is 254 g/mol. The summed E-state index contributed by atoms with van der Waals surface area (Å²) >= 11 is 3.53. The van der Waals surface area contributed by atoms with E-state index in [-0.39, 0.29) is 0 Å². The van der Waals surface area contributed by atoms with Gasteiger partial charge in [0.15, 0.2) is 0 Å². The maximum absolute atomic E-state index is 5.70. The second-order valence-electron chi connectivity index (χ2n) is 3.73. The first-order chi connectivity index (χ1) is 7.10. The highest BCUT2D eigenvalue weighted by atomic mass is 79.9. The number of halogens is 1. The zero-order valence-electron chi connectivity index (χ0n) is 9.51. The maximum atomic E-state index is 5.70. The number of aryl methyl sites for hydroxylation is 1. The van der Waals surface area contributed by atoms with Crippen LogP contribution in [0.4, 0.5) is 0 Å². The average Bonchev–Trinajstić information content (AvgIpc) is 2.20. The average molecular weight is 272 g/mol. The largest absolute Gasteiger partial charge is 0.492 e. The van der Waals surface area contributed by atoms with Crippen molar-refractivity contribution in [2.45, 2.75) is 26.7 Å². The van der Waals surface area contributed by atoms with Gasteiger partial charge in [-0.2, -0.15) is 0 Å². The Morgan fingerprint density at radius 3 is 2.67 bits per heavy atom. The predicted octanol–water partition coefficient (Wildman–Crippen LogP) is 3.22. The molecule has 0 fully saturated rings. The second-order valence-corrected chi connectivity index (χ2v) is 4.59. The SMILES string of the molecule is CCOc1c(Br)cc(C)cc1C(C)CN. The number of rotatable bonds is 4. The van der Waals surface area contributed by atoms with Crippen LogP contribution in [-0.2, 0) is 0 Å². The first-order valence-electron chi connectivity index (χ1n) is 5.23. The highest BCUT2D eigenvalue weighted by molar-refractivity contribution is 9.10. The molecule has 1 aromatic carbocycles. The third kappa shape index (κ3) is 2.95. The summed E-state index contributed by atoms with van der Waals surface area (Å²) in [6.07, 6.45) is 0. The Kier molecular flexibility index (Phi) is 4.61. The molecule has 3 heteroatoms. The smallest absolute Gasteiger partial charge is 0.136 e. The van der Waals surface area contributed by atoms with E-state index < -0.39 is 0 Å². The molecule has 0 spiro atoms. The fraction of sp³-hybridized carbons (Fsp3) is 0.500. The van der Waals surface area contributed by atoms with E-state index in [2.05, 4.69) is 41.9 Å². The van der Waals surface area contributed by atoms with E-state index in [1.54, 1.807) is 0 Å². The van der Waals surface area contributed by atoms with E-state index in [1.807, 2.05) is 6.92 Å². The van der Waals surface area contributed by atoms with Crippen LogP contribution in [0.3, 0.4) is 0 Å². The van der Waals surface area contributed by atoms with Crippen LogP contribution in [0.1, 0.15) is 30.9 Å². The number of hydrogen-bond acceptors (Lipinski definition) is 2. The van der Waals surface area contributed by atoms with Crippen molar-refractivity contribution in [3.63, 3.8) is 0 Å². The Hall–Kier alpha value is -0.540. The molecule has 0 amide bonds. The summed E-state index contributed by atoms with van der Waals surface area (Å²) in [5.74, 6) is 1.25. The fourth-order valence-corrected chi connectivity index (χ4v) is 2.25. The molecule has 0 radical (unpaired) electrons. The third-order valence-corrected chi connectivity index (χ3v) is 2.98. The molecule has 2 N–H and O–H groups in total. The highest BCUT2D eigenvalue weighted by Gasteiger charge is 2.14. The molecule has 0 heterocycles. The van der Waals surface area contributed by atoms with E-state index >= 15 is 0 Å². The summed E-state index contributed by atoms with van der Waals surface area (Å²) in [7, 11) is 0. The van der Waals surface area contributed by atoms with Gasteiger partial charge >= 0.3 is 0 Å². The Balaban J connectivity index is 3.20. The highest BCUT2D eigenvalue weighted by Crippen LogP contribution is 2.34. The van der Waals surface area contributed by atoms with Gasteiger partial charge in [0, 0.05) is 0 Å². The van der Waals surface area contributed by atoms with Crippen molar-refractivity contribution in [1.82, 2.24) is 0 Å². The van der Waals surface area contributed by atoms with E-state index in [0.29, 0.717) is 19.1 Å². The van der Waals surface area contributed by atoms with Gasteiger partial charge in [0.1, 0.15) is 5.75 Å². The third-order valence-electron chi connectivity index (χ3n) is 2.39. The van der Waals surface area contributed by atoms with Gasteiger partial charge < -0.3 is 10.5 Å². The molecule has 1 rings (SSSR count). The van der Waals surface area contributed by atoms with Gasteiger partial charge in [-0.15, -0.1) is 0 Å². The van der Waals surface area contributed by atoms with Gasteiger partial charge in [-0.1, -0.05) is 13.0 Å². The van der Waals surface area contributed by atoms with Gasteiger partial charge in [-0.25, -0.2) is 0 Å². The van der Waals surface area contributed by atoms with Crippen molar-refractivity contribution < 1.29 is 4.74 Å². The lowest BCUT2D eigenvalue weighted by Crippen LogP contribution is -2.11. The van der Waals surface area contributed by atoms with Crippen molar-refractivity contribution in [3.05, 3.63) is 27.7 Å². The van der Waals surface area contributed by atoms with E-state index in [0.717, 1.165) is 10.2 Å². The summed E-state index contributed by atoms with van der Waals surface area (Å²) in [5, 5.41) is 0. The molecule has 0 aliphatic rings. The van der Waals surface area contributed by atoms with Crippen molar-refractivity contribution in [2.24, 2.45) is 5.73 Å². The number of nitrogens with two attached hydrogens (primary N) is 1. The quantitative estimate of drug-likeness (QED) is 0.913. The van der Waals surface area contributed by atoms with Crippen molar-refractivity contribution in [1.29, 1.82) is 0 Å². The first kappa shape index (κ1) is 12.5. The molecule has 1 atom stereocenters. The van der Waals surface area contributed by atoms with Gasteiger partial charge in [-0.3, -0.25) is 0 Å². The standard InChI is InChI=1S/C12H18BrNO/c1-4-15-12-10(9(3)7-14)5-8(2)6-11(12)13/h5-6,9H,4,7,14H2,1-3H3. The lowest BCUT2D eigenvalue weighted by Gasteiger charge is -2.17. The monoisotopic (exact) mass is 271 g/mol. The van der Waals surface area contributed by atoms with Crippen LogP contribution in [-0.4, -0.2) is 13.2 Å². The van der Waals surface area contributed by atoms with Crippen LogP contribution in [0.15, 0.2) is 16.6 Å².